The van der Waals surface area contributed by atoms with Gasteiger partial charge in [-0.15, -0.1) is 24.5 Å². The van der Waals surface area contributed by atoms with E-state index >= 15 is 0 Å². The number of ether oxygens (including phenoxy) is 2. The molecule has 36 heavy (non-hydrogen) atoms. The van der Waals surface area contributed by atoms with Crippen LogP contribution in [0.1, 0.15) is 10.4 Å². The van der Waals surface area contributed by atoms with Crippen molar-refractivity contribution in [2.24, 2.45) is 24.8 Å². The van der Waals surface area contributed by atoms with Gasteiger partial charge < -0.3 is 18.9 Å². The molecule has 1 aromatic carbocycles. The fraction of sp³-hybridized carbons (Fsp3) is 0.435. The Balaban J connectivity index is 1.24. The predicted octanol–water partition coefficient (Wildman–Crippen LogP) is 4.81. The van der Waals surface area contributed by atoms with E-state index in [4.69, 9.17) is 16.3 Å². The molecule has 1 aliphatic heterocycles. The standard InChI is InChI=1S/C23H23ClF3N5O3S/c1-30-12-20(29-13-30)34-22(33)32(7-14-3-2-4-15(5-14)35-23(25,26)27)11-19-17-9-31(10-18(17)19)8-16-6-28-21(24)36-16/h2-6,12-13,17-19H,7-11H2,1H3. The topological polar surface area (TPSA) is 72.7 Å². The van der Waals surface area contributed by atoms with Crippen molar-refractivity contribution in [2.45, 2.75) is 19.5 Å². The van der Waals surface area contributed by atoms with Gasteiger partial charge in [0.15, 0.2) is 4.47 Å². The molecule has 1 aliphatic carbocycles. The zero-order chi connectivity index (χ0) is 25.4. The molecule has 2 aromatic heterocycles. The first-order chi connectivity index (χ1) is 17.1. The maximum atomic E-state index is 13.0. The van der Waals surface area contributed by atoms with Gasteiger partial charge in [-0.3, -0.25) is 4.90 Å². The van der Waals surface area contributed by atoms with Gasteiger partial charge in [0.1, 0.15) is 5.75 Å². The maximum Gasteiger partial charge on any atom is 0.573 e. The maximum absolute atomic E-state index is 13.0. The molecule has 2 fully saturated rings. The van der Waals surface area contributed by atoms with Gasteiger partial charge in [-0.1, -0.05) is 23.7 Å². The minimum absolute atomic E-state index is 0.0831. The summed E-state index contributed by atoms with van der Waals surface area (Å²) in [6.07, 6.45) is -0.514. The minimum Gasteiger partial charge on any atom is -0.406 e. The van der Waals surface area contributed by atoms with Crippen molar-refractivity contribution >= 4 is 29.0 Å². The number of thiazole rings is 1. The monoisotopic (exact) mass is 541 g/mol. The Labute approximate surface area is 214 Å². The number of rotatable bonds is 8. The summed E-state index contributed by atoms with van der Waals surface area (Å²) in [4.78, 5) is 26.1. The number of carbonyl (C=O) groups excluding carboxylic acids is 1. The van der Waals surface area contributed by atoms with Crippen molar-refractivity contribution in [1.29, 1.82) is 0 Å². The van der Waals surface area contributed by atoms with E-state index in [1.807, 2.05) is 0 Å². The zero-order valence-corrected chi connectivity index (χ0v) is 20.8. The number of hydrogen-bond donors (Lipinski definition) is 0. The van der Waals surface area contributed by atoms with Gasteiger partial charge in [0.2, 0.25) is 5.88 Å². The highest BCUT2D eigenvalue weighted by molar-refractivity contribution is 7.15. The second-order valence-electron chi connectivity index (χ2n) is 9.09. The number of alkyl halides is 3. The number of carbonyl (C=O) groups is 1. The molecule has 192 valence electrons. The average Bonchev–Trinajstić information content (AvgIpc) is 3.20. The number of amides is 1. The number of piperidine rings is 1. The van der Waals surface area contributed by atoms with E-state index in [-0.39, 0.29) is 24.1 Å². The predicted molar refractivity (Wildman–Crippen MR) is 126 cm³/mol. The molecule has 0 bridgehead atoms. The molecule has 3 aromatic rings. The molecule has 2 aliphatic rings. The number of likely N-dealkylation sites (tertiary alicyclic amines) is 1. The van der Waals surface area contributed by atoms with E-state index in [2.05, 4.69) is 19.6 Å². The Hall–Kier alpha value is -2.83. The number of halogens is 4. The number of aryl methyl sites for hydroxylation is 1. The zero-order valence-electron chi connectivity index (χ0n) is 19.2. The quantitative estimate of drug-likeness (QED) is 0.408. The summed E-state index contributed by atoms with van der Waals surface area (Å²) in [5.74, 6) is 1.00. The van der Waals surface area contributed by atoms with Crippen molar-refractivity contribution < 1.29 is 27.4 Å². The highest BCUT2D eigenvalue weighted by Gasteiger charge is 2.56. The number of benzene rings is 1. The van der Waals surface area contributed by atoms with Crippen molar-refractivity contribution in [3.05, 3.63) is 57.9 Å². The summed E-state index contributed by atoms with van der Waals surface area (Å²) < 4.78 is 49.6. The second kappa shape index (κ2) is 9.91. The lowest BCUT2D eigenvalue weighted by molar-refractivity contribution is -0.274. The van der Waals surface area contributed by atoms with E-state index in [9.17, 15) is 18.0 Å². The van der Waals surface area contributed by atoms with Crippen LogP contribution in [-0.2, 0) is 20.1 Å². The normalized spacial score (nSPS) is 21.3. The summed E-state index contributed by atoms with van der Waals surface area (Å²) in [5, 5.41) is 0. The van der Waals surface area contributed by atoms with Gasteiger partial charge in [0, 0.05) is 50.8 Å². The SMILES string of the molecule is Cn1cnc(OC(=O)N(Cc2cccc(OC(F)(F)F)c2)CC2C3CN(Cc4cnc(Cl)s4)CC32)c1. The lowest BCUT2D eigenvalue weighted by Gasteiger charge is -2.24. The molecular formula is C23H23ClF3N5O3S. The van der Waals surface area contributed by atoms with Gasteiger partial charge in [0.05, 0.1) is 12.5 Å². The first kappa shape index (κ1) is 24.8. The van der Waals surface area contributed by atoms with Gasteiger partial charge in [-0.25, -0.2) is 14.8 Å². The third-order valence-electron chi connectivity index (χ3n) is 6.42. The summed E-state index contributed by atoms with van der Waals surface area (Å²) in [6, 6.07) is 5.63. The van der Waals surface area contributed by atoms with Crippen molar-refractivity contribution in [3.8, 4) is 11.6 Å². The molecule has 0 radical (unpaired) electrons. The van der Waals surface area contributed by atoms with E-state index in [1.165, 1.54) is 40.8 Å². The van der Waals surface area contributed by atoms with Crippen LogP contribution in [0.25, 0.3) is 0 Å². The Morgan fingerprint density at radius 2 is 2.06 bits per heavy atom. The number of fused-ring (bicyclic) bond motifs is 1. The van der Waals surface area contributed by atoms with Crippen LogP contribution in [0.4, 0.5) is 18.0 Å². The van der Waals surface area contributed by atoms with Crippen LogP contribution < -0.4 is 9.47 Å². The average molecular weight is 542 g/mol. The van der Waals surface area contributed by atoms with Gasteiger partial charge >= 0.3 is 12.5 Å². The Kier molecular flexibility index (Phi) is 6.84. The van der Waals surface area contributed by atoms with E-state index < -0.39 is 12.5 Å². The molecule has 1 saturated carbocycles. The lowest BCUT2D eigenvalue weighted by atomic mass is 10.2. The van der Waals surface area contributed by atoms with Gasteiger partial charge in [-0.2, -0.15) is 0 Å². The second-order valence-corrected chi connectivity index (χ2v) is 10.8. The molecule has 0 N–H and O–H groups in total. The van der Waals surface area contributed by atoms with Crippen LogP contribution in [-0.4, -0.2) is 56.4 Å². The van der Waals surface area contributed by atoms with Crippen LogP contribution in [0.15, 0.2) is 43.0 Å². The third-order valence-corrected chi connectivity index (χ3v) is 7.52. The molecule has 2 atom stereocenters. The highest BCUT2D eigenvalue weighted by atomic mass is 35.5. The number of aromatic nitrogens is 3. The Bertz CT molecular complexity index is 1220. The summed E-state index contributed by atoms with van der Waals surface area (Å²) in [6.45, 7) is 3.12. The van der Waals surface area contributed by atoms with Crippen LogP contribution in [0.3, 0.4) is 0 Å². The molecule has 3 heterocycles. The fourth-order valence-electron chi connectivity index (χ4n) is 4.83. The Morgan fingerprint density at radius 3 is 2.69 bits per heavy atom. The minimum atomic E-state index is -4.79. The highest BCUT2D eigenvalue weighted by Crippen LogP contribution is 2.52. The van der Waals surface area contributed by atoms with E-state index in [0.717, 1.165) is 24.5 Å². The van der Waals surface area contributed by atoms with Gasteiger partial charge in [0.25, 0.3) is 0 Å². The largest absolute Gasteiger partial charge is 0.573 e. The first-order valence-corrected chi connectivity index (χ1v) is 12.4. The molecule has 2 unspecified atom stereocenters. The first-order valence-electron chi connectivity index (χ1n) is 11.2. The summed E-state index contributed by atoms with van der Waals surface area (Å²) in [7, 11) is 1.76. The summed E-state index contributed by atoms with van der Waals surface area (Å²) >= 11 is 7.40. The molecule has 8 nitrogen and oxygen atoms in total. The molecule has 0 spiro atoms. The molecule has 1 amide bonds. The summed E-state index contributed by atoms with van der Waals surface area (Å²) in [5.41, 5.74) is 0.504. The number of imidazole rings is 1. The number of nitrogens with zero attached hydrogens (tertiary/aromatic N) is 5. The van der Waals surface area contributed by atoms with Crippen LogP contribution in [0.2, 0.25) is 4.47 Å². The van der Waals surface area contributed by atoms with Crippen molar-refractivity contribution in [3.63, 3.8) is 0 Å². The van der Waals surface area contributed by atoms with Crippen LogP contribution in [0.5, 0.6) is 11.6 Å². The molecule has 5 rings (SSSR count). The lowest BCUT2D eigenvalue weighted by Crippen LogP contribution is -2.36. The molecule has 1 saturated heterocycles. The third kappa shape index (κ3) is 6.11. The fourth-order valence-corrected chi connectivity index (χ4v) is 5.85. The number of hydrogen-bond acceptors (Lipinski definition) is 7. The van der Waals surface area contributed by atoms with Gasteiger partial charge in [-0.05, 0) is 35.4 Å². The molecule has 13 heteroatoms. The smallest absolute Gasteiger partial charge is 0.406 e. The van der Waals surface area contributed by atoms with Crippen LogP contribution >= 0.6 is 22.9 Å². The van der Waals surface area contributed by atoms with Crippen LogP contribution in [0, 0.1) is 17.8 Å². The molecular weight excluding hydrogens is 519 g/mol. The van der Waals surface area contributed by atoms with E-state index in [0.29, 0.717) is 28.4 Å². The van der Waals surface area contributed by atoms with Crippen molar-refractivity contribution in [1.82, 2.24) is 24.3 Å². The Morgan fingerprint density at radius 1 is 1.28 bits per heavy atom. The van der Waals surface area contributed by atoms with E-state index in [1.54, 1.807) is 30.1 Å². The van der Waals surface area contributed by atoms with Crippen molar-refractivity contribution in [2.75, 3.05) is 19.6 Å².